The summed E-state index contributed by atoms with van der Waals surface area (Å²) in [5, 5.41) is 5.95. The van der Waals surface area contributed by atoms with Crippen molar-refractivity contribution in [3.8, 4) is 0 Å². The van der Waals surface area contributed by atoms with Gasteiger partial charge >= 0.3 is 0 Å². The minimum absolute atomic E-state index is 0.0185. The first kappa shape index (κ1) is 12.0. The average molecular weight is 213 g/mol. The molecule has 1 saturated heterocycles. The van der Waals surface area contributed by atoms with Crippen LogP contribution in [-0.4, -0.2) is 31.4 Å². The second-order valence-corrected chi connectivity index (χ2v) is 3.98. The molecule has 0 aromatic heterocycles. The molecule has 0 aromatic rings. The van der Waals surface area contributed by atoms with Crippen LogP contribution in [0.2, 0.25) is 0 Å². The van der Waals surface area contributed by atoms with Crippen molar-refractivity contribution in [3.05, 3.63) is 0 Å². The van der Waals surface area contributed by atoms with Crippen LogP contribution in [0.1, 0.15) is 25.7 Å². The zero-order valence-corrected chi connectivity index (χ0v) is 8.92. The van der Waals surface area contributed by atoms with E-state index in [2.05, 4.69) is 10.6 Å². The van der Waals surface area contributed by atoms with Crippen molar-refractivity contribution in [2.45, 2.75) is 25.7 Å². The molecular weight excluding hydrogens is 194 g/mol. The number of hydrogen-bond donors (Lipinski definition) is 3. The fraction of sp³-hybridized carbons (Fsp3) is 0.800. The van der Waals surface area contributed by atoms with Gasteiger partial charge in [-0.25, -0.2) is 0 Å². The van der Waals surface area contributed by atoms with E-state index in [1.165, 1.54) is 0 Å². The summed E-state index contributed by atoms with van der Waals surface area (Å²) in [4.78, 5) is 21.8. The SMILES string of the molecule is NC(=O)CCNC(=O)CC1CCCNC1. The molecule has 2 amide bonds. The minimum atomic E-state index is -0.380. The van der Waals surface area contributed by atoms with E-state index in [4.69, 9.17) is 5.73 Å². The van der Waals surface area contributed by atoms with Crippen LogP contribution in [-0.2, 0) is 9.59 Å². The predicted molar refractivity (Wildman–Crippen MR) is 57.0 cm³/mol. The molecule has 1 unspecified atom stereocenters. The van der Waals surface area contributed by atoms with Gasteiger partial charge in [-0.3, -0.25) is 9.59 Å². The number of rotatable bonds is 5. The molecule has 15 heavy (non-hydrogen) atoms. The second kappa shape index (κ2) is 6.40. The molecule has 0 bridgehead atoms. The lowest BCUT2D eigenvalue weighted by Gasteiger charge is -2.21. The number of hydrogen-bond acceptors (Lipinski definition) is 3. The van der Waals surface area contributed by atoms with Crippen molar-refractivity contribution < 1.29 is 9.59 Å². The standard InChI is InChI=1S/C10H19N3O2/c11-9(14)3-5-13-10(15)6-8-2-1-4-12-7-8/h8,12H,1-7H2,(H2,11,14)(H,13,15). The molecule has 0 saturated carbocycles. The highest BCUT2D eigenvalue weighted by Crippen LogP contribution is 2.13. The van der Waals surface area contributed by atoms with Gasteiger partial charge in [-0.1, -0.05) is 0 Å². The molecule has 1 heterocycles. The summed E-state index contributed by atoms with van der Waals surface area (Å²) in [7, 11) is 0. The fourth-order valence-electron chi connectivity index (χ4n) is 1.76. The number of nitrogens with two attached hydrogens (primary N) is 1. The molecule has 1 fully saturated rings. The highest BCUT2D eigenvalue weighted by molar-refractivity contribution is 5.78. The summed E-state index contributed by atoms with van der Waals surface area (Å²) in [6.45, 7) is 2.33. The van der Waals surface area contributed by atoms with E-state index >= 15 is 0 Å². The van der Waals surface area contributed by atoms with Crippen LogP contribution in [0, 0.1) is 5.92 Å². The Bertz CT molecular complexity index is 225. The fourth-order valence-corrected chi connectivity index (χ4v) is 1.76. The van der Waals surface area contributed by atoms with Crippen molar-refractivity contribution >= 4 is 11.8 Å². The largest absolute Gasteiger partial charge is 0.370 e. The first-order chi connectivity index (χ1) is 7.18. The Morgan fingerprint density at radius 3 is 2.87 bits per heavy atom. The van der Waals surface area contributed by atoms with Crippen molar-refractivity contribution in [1.29, 1.82) is 0 Å². The molecule has 86 valence electrons. The summed E-state index contributed by atoms with van der Waals surface area (Å²) >= 11 is 0. The van der Waals surface area contributed by atoms with Crippen molar-refractivity contribution in [1.82, 2.24) is 10.6 Å². The minimum Gasteiger partial charge on any atom is -0.370 e. The lowest BCUT2D eigenvalue weighted by atomic mass is 9.96. The Kier molecular flexibility index (Phi) is 5.10. The average Bonchev–Trinajstić information content (AvgIpc) is 2.18. The molecule has 0 aliphatic carbocycles. The van der Waals surface area contributed by atoms with Gasteiger partial charge in [-0.05, 0) is 31.8 Å². The van der Waals surface area contributed by atoms with Gasteiger partial charge in [-0.2, -0.15) is 0 Å². The second-order valence-electron chi connectivity index (χ2n) is 3.98. The molecule has 1 aliphatic rings. The van der Waals surface area contributed by atoms with Gasteiger partial charge in [0.25, 0.3) is 0 Å². The number of carbonyl (C=O) groups is 2. The smallest absolute Gasteiger partial charge is 0.220 e. The van der Waals surface area contributed by atoms with Gasteiger partial charge in [-0.15, -0.1) is 0 Å². The number of nitrogens with one attached hydrogen (secondary N) is 2. The zero-order chi connectivity index (χ0) is 11.1. The Labute approximate surface area is 89.8 Å². The van der Waals surface area contributed by atoms with Crippen molar-refractivity contribution in [3.63, 3.8) is 0 Å². The van der Waals surface area contributed by atoms with Crippen LogP contribution in [0.5, 0.6) is 0 Å². The first-order valence-corrected chi connectivity index (χ1v) is 5.44. The molecule has 5 heteroatoms. The summed E-state index contributed by atoms with van der Waals surface area (Å²) in [5.74, 6) is 0.0758. The van der Waals surface area contributed by atoms with E-state index in [-0.39, 0.29) is 18.2 Å². The molecule has 5 nitrogen and oxygen atoms in total. The highest BCUT2D eigenvalue weighted by atomic mass is 16.2. The monoisotopic (exact) mass is 213 g/mol. The van der Waals surface area contributed by atoms with Crippen LogP contribution in [0.25, 0.3) is 0 Å². The van der Waals surface area contributed by atoms with Crippen LogP contribution in [0.3, 0.4) is 0 Å². The molecule has 1 rings (SSSR count). The Morgan fingerprint density at radius 2 is 2.27 bits per heavy atom. The maximum atomic E-state index is 11.4. The molecule has 0 aromatic carbocycles. The maximum absolute atomic E-state index is 11.4. The van der Waals surface area contributed by atoms with E-state index in [1.54, 1.807) is 0 Å². The van der Waals surface area contributed by atoms with Crippen LogP contribution < -0.4 is 16.4 Å². The van der Waals surface area contributed by atoms with Gasteiger partial charge in [0.1, 0.15) is 0 Å². The van der Waals surface area contributed by atoms with Gasteiger partial charge in [0, 0.05) is 19.4 Å². The third kappa shape index (κ3) is 5.37. The van der Waals surface area contributed by atoms with Gasteiger partial charge in [0.05, 0.1) is 0 Å². The van der Waals surface area contributed by atoms with Crippen molar-refractivity contribution in [2.75, 3.05) is 19.6 Å². The summed E-state index contributed by atoms with van der Waals surface area (Å²) in [6, 6.07) is 0. The first-order valence-electron chi connectivity index (χ1n) is 5.44. The normalized spacial score (nSPS) is 20.9. The molecule has 1 atom stereocenters. The maximum Gasteiger partial charge on any atom is 0.220 e. The van der Waals surface area contributed by atoms with Gasteiger partial charge in [0.2, 0.25) is 11.8 Å². The lowest BCUT2D eigenvalue weighted by molar-refractivity contribution is -0.122. The Hall–Kier alpha value is -1.10. The van der Waals surface area contributed by atoms with Crippen LogP contribution >= 0.6 is 0 Å². The van der Waals surface area contributed by atoms with E-state index < -0.39 is 0 Å². The van der Waals surface area contributed by atoms with Gasteiger partial charge < -0.3 is 16.4 Å². The molecule has 4 N–H and O–H groups in total. The summed E-state index contributed by atoms with van der Waals surface area (Å²) < 4.78 is 0. The number of primary amides is 1. The topological polar surface area (TPSA) is 84.2 Å². The summed E-state index contributed by atoms with van der Waals surface area (Å²) in [6.07, 6.45) is 3.01. The highest BCUT2D eigenvalue weighted by Gasteiger charge is 2.16. The molecule has 0 spiro atoms. The molecule has 1 aliphatic heterocycles. The van der Waals surface area contributed by atoms with E-state index in [0.29, 0.717) is 18.9 Å². The lowest BCUT2D eigenvalue weighted by Crippen LogP contribution is -2.35. The predicted octanol–water partition coefficient (Wildman–Crippen LogP) is -0.632. The third-order valence-corrected chi connectivity index (χ3v) is 2.57. The molecular formula is C10H19N3O2. The van der Waals surface area contributed by atoms with Gasteiger partial charge in [0.15, 0.2) is 0 Å². The van der Waals surface area contributed by atoms with Crippen molar-refractivity contribution in [2.24, 2.45) is 11.7 Å². The van der Waals surface area contributed by atoms with Crippen LogP contribution in [0.4, 0.5) is 0 Å². The number of amides is 2. The molecule has 0 radical (unpaired) electrons. The Morgan fingerprint density at radius 1 is 1.47 bits per heavy atom. The Balaban J connectivity index is 2.09. The number of piperidine rings is 1. The summed E-state index contributed by atoms with van der Waals surface area (Å²) in [5.41, 5.74) is 4.96. The van der Waals surface area contributed by atoms with Crippen LogP contribution in [0.15, 0.2) is 0 Å². The van der Waals surface area contributed by atoms with E-state index in [9.17, 15) is 9.59 Å². The zero-order valence-electron chi connectivity index (χ0n) is 8.92. The quantitative estimate of drug-likeness (QED) is 0.568. The van der Waals surface area contributed by atoms with E-state index in [0.717, 1.165) is 25.9 Å². The third-order valence-electron chi connectivity index (χ3n) is 2.57. The number of carbonyl (C=O) groups excluding carboxylic acids is 2. The van der Waals surface area contributed by atoms with E-state index in [1.807, 2.05) is 0 Å².